The van der Waals surface area contributed by atoms with Gasteiger partial charge in [-0.2, -0.15) is 0 Å². The summed E-state index contributed by atoms with van der Waals surface area (Å²) < 4.78 is 0. The van der Waals surface area contributed by atoms with E-state index >= 15 is 0 Å². The van der Waals surface area contributed by atoms with Crippen LogP contribution in [0.4, 0.5) is 4.79 Å². The highest BCUT2D eigenvalue weighted by molar-refractivity contribution is 8.15. The molecule has 0 unspecified atom stereocenters. The highest BCUT2D eigenvalue weighted by Gasteiger charge is 2.07. The minimum absolute atomic E-state index is 0.517. The van der Waals surface area contributed by atoms with Gasteiger partial charge in [0.25, 0.3) is 0 Å². The Balaban J connectivity index is 4.50. The maximum absolute atomic E-state index is 10.8. The molecule has 15 heavy (non-hydrogen) atoms. The third-order valence-corrected chi connectivity index (χ3v) is 2.17. The Hall–Kier alpha value is -1.24. The molecule has 6 nitrogen and oxygen atoms in total. The van der Waals surface area contributed by atoms with Crippen LogP contribution in [0.3, 0.4) is 0 Å². The lowest BCUT2D eigenvalue weighted by Gasteiger charge is -2.02. The third-order valence-electron chi connectivity index (χ3n) is 1.23. The number of nitrogens with zero attached hydrogens (tertiary/aromatic N) is 2. The van der Waals surface area contributed by atoms with E-state index in [0.717, 1.165) is 5.75 Å². The van der Waals surface area contributed by atoms with Gasteiger partial charge in [0.2, 0.25) is 0 Å². The number of oxime groups is 2. The Bertz CT molecular complexity index is 266. The van der Waals surface area contributed by atoms with Crippen molar-refractivity contribution in [2.75, 3.05) is 19.9 Å². The lowest BCUT2D eigenvalue weighted by molar-refractivity contribution is 0.153. The molecule has 1 amide bonds. The number of hydrogen-bond donors (Lipinski definition) is 1. The quantitative estimate of drug-likeness (QED) is 0.345. The summed E-state index contributed by atoms with van der Waals surface area (Å²) >= 11 is 1.41. The average Bonchev–Trinajstić information content (AvgIpc) is 2.23. The van der Waals surface area contributed by atoms with Crippen molar-refractivity contribution in [3.63, 3.8) is 0 Å². The van der Waals surface area contributed by atoms with E-state index in [0.29, 0.717) is 10.8 Å². The third kappa shape index (κ3) is 5.95. The van der Waals surface area contributed by atoms with Crippen molar-refractivity contribution in [2.45, 2.75) is 13.8 Å². The molecule has 86 valence electrons. The summed E-state index contributed by atoms with van der Waals surface area (Å²) in [6, 6.07) is 0. The van der Waals surface area contributed by atoms with Crippen molar-refractivity contribution >= 4 is 28.6 Å². The predicted molar refractivity (Wildman–Crippen MR) is 61.2 cm³/mol. The van der Waals surface area contributed by atoms with E-state index in [4.69, 9.17) is 0 Å². The molecule has 0 saturated heterocycles. The molecular formula is C8H15N3O3S. The molecule has 0 aliphatic carbocycles. The predicted octanol–water partition coefficient (Wildman–Crippen LogP) is 1.43. The number of carbonyl (C=O) groups is 1. The smallest absolute Gasteiger partial charge is 0.399 e. The summed E-state index contributed by atoms with van der Waals surface area (Å²) in [6.45, 7) is 3.68. The zero-order valence-corrected chi connectivity index (χ0v) is 10.1. The first-order chi connectivity index (χ1) is 7.15. The lowest BCUT2D eigenvalue weighted by atomic mass is 10.5. The van der Waals surface area contributed by atoms with Crippen LogP contribution in [-0.2, 0) is 9.68 Å². The van der Waals surface area contributed by atoms with Gasteiger partial charge in [0.1, 0.15) is 12.8 Å². The Morgan fingerprint density at radius 3 is 2.60 bits per heavy atom. The number of amides is 1. The molecule has 1 N–H and O–H groups in total. The molecule has 0 aliphatic heterocycles. The summed E-state index contributed by atoms with van der Waals surface area (Å²) in [6.07, 6.45) is -0.616. The van der Waals surface area contributed by atoms with E-state index in [1.807, 2.05) is 6.92 Å². The van der Waals surface area contributed by atoms with Gasteiger partial charge in [-0.3, -0.25) is 4.84 Å². The molecule has 0 aliphatic rings. The maximum atomic E-state index is 10.8. The van der Waals surface area contributed by atoms with Gasteiger partial charge in [-0.25, -0.2) is 4.79 Å². The zero-order valence-electron chi connectivity index (χ0n) is 9.23. The van der Waals surface area contributed by atoms with Gasteiger partial charge >= 0.3 is 6.09 Å². The number of rotatable bonds is 4. The fourth-order valence-electron chi connectivity index (χ4n) is 0.638. The first-order valence-electron chi connectivity index (χ1n) is 4.33. The molecule has 0 heterocycles. The fraction of sp³-hybridized carbons (Fsp3) is 0.625. The van der Waals surface area contributed by atoms with Gasteiger partial charge in [0.15, 0.2) is 5.04 Å². The van der Waals surface area contributed by atoms with Crippen LogP contribution in [0.5, 0.6) is 0 Å². The van der Waals surface area contributed by atoms with E-state index in [1.54, 1.807) is 6.92 Å². The molecule has 0 fully saturated rings. The molecule has 0 atom stereocenters. The van der Waals surface area contributed by atoms with Crippen molar-refractivity contribution in [3.8, 4) is 0 Å². The molecule has 0 aromatic carbocycles. The Labute approximate surface area is 93.1 Å². The summed E-state index contributed by atoms with van der Waals surface area (Å²) in [7, 11) is 2.90. The van der Waals surface area contributed by atoms with Crippen LogP contribution < -0.4 is 5.32 Å². The highest BCUT2D eigenvalue weighted by atomic mass is 32.2. The first kappa shape index (κ1) is 13.8. The van der Waals surface area contributed by atoms with Gasteiger partial charge < -0.3 is 10.2 Å². The van der Waals surface area contributed by atoms with Crippen LogP contribution in [0.15, 0.2) is 10.3 Å². The van der Waals surface area contributed by atoms with E-state index in [-0.39, 0.29) is 0 Å². The number of hydrogen-bond acceptors (Lipinski definition) is 6. The van der Waals surface area contributed by atoms with Crippen molar-refractivity contribution in [1.82, 2.24) is 5.32 Å². The molecule has 0 spiro atoms. The topological polar surface area (TPSA) is 72.3 Å². The Kier molecular flexibility index (Phi) is 7.43. The van der Waals surface area contributed by atoms with Gasteiger partial charge in [-0.15, -0.1) is 11.8 Å². The standard InChI is InChI=1S/C8H15N3O3S/c1-5-15-7(6(2)10-13-4)11-14-8(12)9-3/h5H2,1-4H3,(H,9,12). The average molecular weight is 233 g/mol. The number of thioether (sulfide) groups is 1. The second-order valence-electron chi connectivity index (χ2n) is 2.32. The fourth-order valence-corrected chi connectivity index (χ4v) is 1.25. The molecule has 0 bridgehead atoms. The highest BCUT2D eigenvalue weighted by Crippen LogP contribution is 2.06. The molecule has 0 saturated carbocycles. The summed E-state index contributed by atoms with van der Waals surface area (Å²) in [5, 5.41) is 10.2. The number of nitrogens with one attached hydrogen (secondary N) is 1. The second-order valence-corrected chi connectivity index (χ2v) is 3.57. The van der Waals surface area contributed by atoms with Crippen LogP contribution in [0.2, 0.25) is 0 Å². The normalized spacial score (nSPS) is 12.3. The summed E-state index contributed by atoms with van der Waals surface area (Å²) in [5.74, 6) is 0.798. The van der Waals surface area contributed by atoms with Crippen LogP contribution in [0.1, 0.15) is 13.8 Å². The van der Waals surface area contributed by atoms with Crippen molar-refractivity contribution in [2.24, 2.45) is 10.3 Å². The van der Waals surface area contributed by atoms with Gasteiger partial charge in [0, 0.05) is 7.05 Å². The maximum Gasteiger partial charge on any atom is 0.433 e. The van der Waals surface area contributed by atoms with E-state index in [2.05, 4.69) is 25.3 Å². The minimum atomic E-state index is -0.616. The van der Waals surface area contributed by atoms with Crippen molar-refractivity contribution < 1.29 is 14.5 Å². The SMILES string of the molecule is CCSC(=NOC(=O)NC)C(C)=NOC. The van der Waals surface area contributed by atoms with Crippen LogP contribution in [0.25, 0.3) is 0 Å². The van der Waals surface area contributed by atoms with Crippen LogP contribution >= 0.6 is 11.8 Å². The zero-order chi connectivity index (χ0) is 11.7. The van der Waals surface area contributed by atoms with E-state index in [1.165, 1.54) is 25.9 Å². The van der Waals surface area contributed by atoms with Crippen molar-refractivity contribution in [3.05, 3.63) is 0 Å². The lowest BCUT2D eigenvalue weighted by Crippen LogP contribution is -2.18. The van der Waals surface area contributed by atoms with Gasteiger partial charge in [-0.1, -0.05) is 17.2 Å². The molecule has 0 aromatic rings. The molecule has 7 heteroatoms. The van der Waals surface area contributed by atoms with E-state index < -0.39 is 6.09 Å². The first-order valence-corrected chi connectivity index (χ1v) is 5.31. The molecular weight excluding hydrogens is 218 g/mol. The molecule has 0 rings (SSSR count). The summed E-state index contributed by atoms with van der Waals surface area (Å²) in [4.78, 5) is 19.9. The Morgan fingerprint density at radius 1 is 1.47 bits per heavy atom. The van der Waals surface area contributed by atoms with Gasteiger partial charge in [-0.05, 0) is 12.7 Å². The molecule has 0 aromatic heterocycles. The monoisotopic (exact) mass is 233 g/mol. The van der Waals surface area contributed by atoms with Crippen LogP contribution in [0, 0.1) is 0 Å². The second kappa shape index (κ2) is 8.10. The minimum Gasteiger partial charge on any atom is -0.399 e. The largest absolute Gasteiger partial charge is 0.433 e. The number of carbonyl (C=O) groups excluding carboxylic acids is 1. The van der Waals surface area contributed by atoms with Crippen LogP contribution in [-0.4, -0.2) is 36.8 Å². The summed E-state index contributed by atoms with van der Waals surface area (Å²) in [5.41, 5.74) is 0.563. The van der Waals surface area contributed by atoms with Gasteiger partial charge in [0.05, 0.1) is 0 Å². The van der Waals surface area contributed by atoms with Crippen molar-refractivity contribution in [1.29, 1.82) is 0 Å². The Morgan fingerprint density at radius 2 is 2.13 bits per heavy atom. The molecule has 0 radical (unpaired) electrons. The van der Waals surface area contributed by atoms with E-state index in [9.17, 15) is 4.79 Å².